The highest BCUT2D eigenvalue weighted by atomic mass is 16.8. The van der Waals surface area contributed by atoms with Crippen molar-refractivity contribution in [2.75, 3.05) is 26.4 Å². The summed E-state index contributed by atoms with van der Waals surface area (Å²) in [5.74, 6) is -6.12. The Kier molecular flexibility index (Phi) is 18.6. The van der Waals surface area contributed by atoms with Crippen molar-refractivity contribution in [3.63, 3.8) is 0 Å². The van der Waals surface area contributed by atoms with Crippen LogP contribution in [0.15, 0.2) is 11.6 Å². The van der Waals surface area contributed by atoms with Gasteiger partial charge in [0.1, 0.15) is 85.5 Å². The highest BCUT2D eigenvalue weighted by Gasteiger charge is 2.74. The van der Waals surface area contributed by atoms with Crippen molar-refractivity contribution >= 4 is 11.9 Å². The van der Waals surface area contributed by atoms with E-state index in [1.54, 1.807) is 0 Å². The maximum atomic E-state index is 15.8. The molecule has 32 atom stereocenters. The van der Waals surface area contributed by atoms with E-state index >= 15 is 4.79 Å². The third kappa shape index (κ3) is 10.6. The number of carbonyl (C=O) groups excluding carboxylic acids is 1. The molecule has 28 nitrogen and oxygen atoms in total. The number of carboxylic acid groups (broad SMARTS) is 1. The molecule has 0 aromatic rings. The van der Waals surface area contributed by atoms with Crippen molar-refractivity contribution in [2.24, 2.45) is 50.2 Å². The van der Waals surface area contributed by atoms with Gasteiger partial charge < -0.3 is 129 Å². The Morgan fingerprint density at radius 2 is 1.27 bits per heavy atom. The average molecular weight is 1240 g/mol. The monoisotopic (exact) mass is 1240 g/mol. The Hall–Kier alpha value is -2.28. The first-order chi connectivity index (χ1) is 40.2. The van der Waals surface area contributed by atoms with Gasteiger partial charge in [-0.2, -0.15) is 0 Å². The van der Waals surface area contributed by atoms with Crippen LogP contribution < -0.4 is 0 Å². The molecule has 28 heteroatoms. The summed E-state index contributed by atoms with van der Waals surface area (Å²) in [5, 5.41) is 175. The van der Waals surface area contributed by atoms with Gasteiger partial charge in [-0.25, -0.2) is 0 Å². The Morgan fingerprint density at radius 3 is 1.92 bits per heavy atom. The number of rotatable bonds is 14. The molecule has 0 amide bonds. The number of aliphatic carboxylic acids is 1. The third-order valence-corrected chi connectivity index (χ3v) is 22.8. The molecule has 492 valence electrons. The minimum Gasteiger partial charge on any atom is -0.481 e. The standard InChI is InChI=1S/C58H92O28/c1-23-34(65)43(81-33-16-32(64)58(76,22-61)86-33)44(83-47-41(72)38(69)42(24(2)79-47)82-46-39(70)35(66)28(63)20-77-46)49(78-23)85-51(75)56-13-12-52(3,4)17-26(56)25-8-9-30-53(5)18-27(62)45(84-48-40(71)37(68)36(67)29(19-59)80-48)55(7,50(73)74)31(53)10-11-54(30,6)57(25,21-60)15-14-56/h8,23-24,26-49,59-72,76H,9-22H2,1-7H3,(H,73,74). The van der Waals surface area contributed by atoms with Crippen LogP contribution in [0.2, 0.25) is 0 Å². The number of allylic oxidation sites excluding steroid dienone is 1. The maximum absolute atomic E-state index is 15.8. The van der Waals surface area contributed by atoms with Crippen molar-refractivity contribution in [3.8, 4) is 0 Å². The number of ether oxygens (including phenoxy) is 10. The zero-order valence-electron chi connectivity index (χ0n) is 49.5. The lowest BCUT2D eigenvalue weighted by atomic mass is 9.33. The van der Waals surface area contributed by atoms with Crippen molar-refractivity contribution in [3.05, 3.63) is 11.6 Å². The molecule has 0 aromatic carbocycles. The summed E-state index contributed by atoms with van der Waals surface area (Å²) < 4.78 is 60.1. The first-order valence-electron chi connectivity index (χ1n) is 30.3. The van der Waals surface area contributed by atoms with Crippen molar-refractivity contribution in [1.82, 2.24) is 0 Å². The second-order valence-corrected chi connectivity index (χ2v) is 28.0. The number of hydrogen-bond donors (Lipinski definition) is 16. The van der Waals surface area contributed by atoms with Gasteiger partial charge in [0.2, 0.25) is 12.1 Å². The lowest BCUT2D eigenvalue weighted by Crippen LogP contribution is -2.71. The van der Waals surface area contributed by atoms with E-state index < -0.39 is 224 Å². The minimum absolute atomic E-state index is 0.0179. The van der Waals surface area contributed by atoms with Gasteiger partial charge in [0.15, 0.2) is 31.3 Å². The largest absolute Gasteiger partial charge is 0.481 e. The van der Waals surface area contributed by atoms with E-state index in [1.165, 1.54) is 20.8 Å². The molecule has 5 aliphatic heterocycles. The first kappa shape index (κ1) is 66.6. The molecule has 32 unspecified atom stereocenters. The summed E-state index contributed by atoms with van der Waals surface area (Å²) in [6.07, 6.45) is -33.1. The Labute approximate surface area is 497 Å². The summed E-state index contributed by atoms with van der Waals surface area (Å²) in [6, 6.07) is 0. The van der Waals surface area contributed by atoms with Crippen LogP contribution in [-0.2, 0) is 57.0 Å². The molecule has 0 radical (unpaired) electrons. The molecule has 0 spiro atoms. The van der Waals surface area contributed by atoms with Crippen LogP contribution in [0.5, 0.6) is 0 Å². The van der Waals surface area contributed by atoms with Gasteiger partial charge in [-0.05, 0) is 113 Å². The maximum Gasteiger partial charge on any atom is 0.315 e. The number of aliphatic hydroxyl groups excluding tert-OH is 14. The molecule has 16 N–H and O–H groups in total. The normalized spacial score (nSPS) is 54.6. The van der Waals surface area contributed by atoms with Crippen molar-refractivity contribution in [1.29, 1.82) is 0 Å². The molecule has 10 rings (SSSR count). The van der Waals surface area contributed by atoms with E-state index in [2.05, 4.69) is 26.8 Å². The van der Waals surface area contributed by atoms with Crippen molar-refractivity contribution < 1.29 is 139 Å². The van der Waals surface area contributed by atoms with Crippen LogP contribution in [0.3, 0.4) is 0 Å². The number of hydrogen-bond acceptors (Lipinski definition) is 27. The summed E-state index contributed by atoms with van der Waals surface area (Å²) in [5.41, 5.74) is -5.37. The molecule has 10 aliphatic rings. The summed E-state index contributed by atoms with van der Waals surface area (Å²) in [6.45, 7) is 10.0. The molecule has 5 saturated heterocycles. The fourth-order valence-corrected chi connectivity index (χ4v) is 17.6. The minimum atomic E-state index is -2.47. The zero-order chi connectivity index (χ0) is 62.9. The molecule has 9 fully saturated rings. The number of esters is 1. The average Bonchev–Trinajstić information content (AvgIpc) is 0.730. The topological polar surface area (TPSA) is 450 Å². The van der Waals surface area contributed by atoms with Gasteiger partial charge in [0.05, 0.1) is 55.6 Å². The lowest BCUT2D eigenvalue weighted by molar-refractivity contribution is -0.384. The van der Waals surface area contributed by atoms with Gasteiger partial charge in [-0.3, -0.25) is 9.59 Å². The van der Waals surface area contributed by atoms with E-state index in [0.717, 1.165) is 5.57 Å². The smallest absolute Gasteiger partial charge is 0.315 e. The Morgan fingerprint density at radius 1 is 0.628 bits per heavy atom. The van der Waals surface area contributed by atoms with Crippen LogP contribution in [-0.4, -0.2) is 267 Å². The fourth-order valence-electron chi connectivity index (χ4n) is 17.6. The Bertz CT molecular complexity index is 2470. The van der Waals surface area contributed by atoms with E-state index in [1.807, 2.05) is 6.92 Å². The second-order valence-electron chi connectivity index (χ2n) is 28.0. The van der Waals surface area contributed by atoms with E-state index in [4.69, 9.17) is 47.4 Å². The summed E-state index contributed by atoms with van der Waals surface area (Å²) in [7, 11) is 0. The number of fused-ring (bicyclic) bond motifs is 7. The molecule has 86 heavy (non-hydrogen) atoms. The van der Waals surface area contributed by atoms with Crippen LogP contribution in [0.1, 0.15) is 113 Å². The van der Waals surface area contributed by atoms with E-state index in [-0.39, 0.29) is 43.6 Å². The Balaban J connectivity index is 0.951. The molecular weight excluding hydrogens is 1140 g/mol. The second kappa shape index (κ2) is 24.0. The number of aliphatic hydroxyl groups is 15. The van der Waals surface area contributed by atoms with Gasteiger partial charge in [0.25, 0.3) is 0 Å². The van der Waals surface area contributed by atoms with Gasteiger partial charge >= 0.3 is 11.9 Å². The molecule has 4 saturated carbocycles. The summed E-state index contributed by atoms with van der Waals surface area (Å²) >= 11 is 0. The zero-order valence-corrected chi connectivity index (χ0v) is 49.5. The molecular formula is C58H92O28. The SMILES string of the molecule is CC1OC(OC(=O)C23CCC(C)(C)CC2C2=CCC4C5(C)CC(O)C(OC6OC(CO)C(O)C(O)C6O)C(C)(C(=O)O)C5CCC4(C)C2(CO)CC3)C(OC2OC(C)C(OC3OCC(O)C(O)C3O)C(O)C2O)C(OC2CC(O)C(O)(CO)O2)C1O. The third-order valence-electron chi connectivity index (χ3n) is 22.8. The first-order valence-corrected chi connectivity index (χ1v) is 30.3. The van der Waals surface area contributed by atoms with Crippen LogP contribution in [0.4, 0.5) is 0 Å². The van der Waals surface area contributed by atoms with Gasteiger partial charge in [0, 0.05) is 11.8 Å². The quantitative estimate of drug-likeness (QED) is 0.0455. The lowest BCUT2D eigenvalue weighted by Gasteiger charge is -2.71. The molecule has 5 aliphatic carbocycles. The van der Waals surface area contributed by atoms with Gasteiger partial charge in [-0.1, -0.05) is 39.3 Å². The number of carbonyl (C=O) groups is 2. The highest BCUT2D eigenvalue weighted by Crippen LogP contribution is 2.76. The highest BCUT2D eigenvalue weighted by molar-refractivity contribution is 5.79. The van der Waals surface area contributed by atoms with Crippen molar-refractivity contribution in [2.45, 2.75) is 260 Å². The number of carboxylic acids is 1. The fraction of sp³-hybridized carbons (Fsp3) is 0.931. The van der Waals surface area contributed by atoms with E-state index in [0.29, 0.717) is 32.1 Å². The van der Waals surface area contributed by atoms with Crippen LogP contribution >= 0.6 is 0 Å². The predicted molar refractivity (Wildman–Crippen MR) is 285 cm³/mol. The van der Waals surface area contributed by atoms with E-state index in [9.17, 15) is 86.5 Å². The molecule has 0 aromatic heterocycles. The van der Waals surface area contributed by atoms with Gasteiger partial charge in [-0.15, -0.1) is 0 Å². The van der Waals surface area contributed by atoms with Crippen LogP contribution in [0.25, 0.3) is 0 Å². The molecule has 5 heterocycles. The van der Waals surface area contributed by atoms with Crippen LogP contribution in [0, 0.1) is 50.2 Å². The summed E-state index contributed by atoms with van der Waals surface area (Å²) in [4.78, 5) is 29.6. The predicted octanol–water partition coefficient (Wildman–Crippen LogP) is -3.52. The molecule has 0 bridgehead atoms.